The van der Waals surface area contributed by atoms with Gasteiger partial charge in [-0.1, -0.05) is 98.1 Å². The lowest BCUT2D eigenvalue weighted by Gasteiger charge is -2.36. The molecule has 0 radical (unpaired) electrons. The summed E-state index contributed by atoms with van der Waals surface area (Å²) in [6.45, 7) is 6.79. The molecule has 0 saturated carbocycles. The summed E-state index contributed by atoms with van der Waals surface area (Å²) in [6, 6.07) is 29.6. The summed E-state index contributed by atoms with van der Waals surface area (Å²) in [7, 11) is 0. The summed E-state index contributed by atoms with van der Waals surface area (Å²) < 4.78 is 0. The first kappa shape index (κ1) is 22.0. The smallest absolute Gasteiger partial charge is 0.0603 e. The van der Waals surface area contributed by atoms with Gasteiger partial charge in [-0.2, -0.15) is 0 Å². The van der Waals surface area contributed by atoms with Gasteiger partial charge in [-0.25, -0.2) is 0 Å². The lowest BCUT2D eigenvalue weighted by molar-refractivity contribution is 0.132. The summed E-state index contributed by atoms with van der Waals surface area (Å²) in [6.07, 6.45) is 5.79. The first-order chi connectivity index (χ1) is 16.2. The van der Waals surface area contributed by atoms with Crippen molar-refractivity contribution in [2.24, 2.45) is 5.92 Å². The Hall–Kier alpha value is -2.82. The fraction of sp³-hybridized carbons (Fsp3) is 0.375. The molecule has 1 fully saturated rings. The zero-order chi connectivity index (χ0) is 22.7. The van der Waals surface area contributed by atoms with Crippen molar-refractivity contribution in [1.29, 1.82) is 0 Å². The van der Waals surface area contributed by atoms with Crippen LogP contribution in [0.1, 0.15) is 56.2 Å². The quantitative estimate of drug-likeness (QED) is 0.388. The van der Waals surface area contributed by atoms with Gasteiger partial charge >= 0.3 is 0 Å². The molecule has 33 heavy (non-hydrogen) atoms. The van der Waals surface area contributed by atoms with Crippen LogP contribution in [0.5, 0.6) is 0 Å². The highest BCUT2D eigenvalue weighted by Crippen LogP contribution is 2.52. The van der Waals surface area contributed by atoms with Gasteiger partial charge in [0.1, 0.15) is 0 Å². The maximum Gasteiger partial charge on any atom is 0.0603 e. The molecule has 1 nitrogen and oxygen atoms in total. The molecule has 0 N–H and O–H groups in total. The van der Waals surface area contributed by atoms with Crippen LogP contribution in [0.4, 0.5) is 0 Å². The second-order valence-corrected chi connectivity index (χ2v) is 10.00. The molecule has 1 saturated heterocycles. The molecule has 1 heteroatoms. The summed E-state index contributed by atoms with van der Waals surface area (Å²) >= 11 is 0. The first-order valence-electron chi connectivity index (χ1n) is 12.6. The van der Waals surface area contributed by atoms with E-state index in [0.29, 0.717) is 6.04 Å². The van der Waals surface area contributed by atoms with Crippen LogP contribution >= 0.6 is 0 Å². The fourth-order valence-electron chi connectivity index (χ4n) is 5.99. The highest BCUT2D eigenvalue weighted by Gasteiger charge is 2.42. The molecule has 3 aromatic rings. The van der Waals surface area contributed by atoms with Gasteiger partial charge in [0.2, 0.25) is 0 Å². The molecule has 1 aliphatic carbocycles. The number of nitrogens with zero attached hydrogens (tertiary/aromatic N) is 1. The largest absolute Gasteiger partial charge is 0.289 e. The zero-order valence-corrected chi connectivity index (χ0v) is 20.1. The van der Waals surface area contributed by atoms with Crippen LogP contribution in [0, 0.1) is 17.8 Å². The normalized spacial score (nSPS) is 21.0. The molecule has 0 spiro atoms. The van der Waals surface area contributed by atoms with E-state index in [9.17, 15) is 0 Å². The maximum atomic E-state index is 3.68. The Kier molecular flexibility index (Phi) is 6.39. The summed E-state index contributed by atoms with van der Waals surface area (Å²) in [5, 5.41) is 0. The number of hydrogen-bond donors (Lipinski definition) is 0. The van der Waals surface area contributed by atoms with Crippen LogP contribution in [-0.4, -0.2) is 24.0 Å². The van der Waals surface area contributed by atoms with E-state index in [2.05, 4.69) is 109 Å². The van der Waals surface area contributed by atoms with E-state index in [1.807, 2.05) is 0 Å². The monoisotopic (exact) mass is 433 g/mol. The molecular weight excluding hydrogens is 398 g/mol. The van der Waals surface area contributed by atoms with Gasteiger partial charge in [0, 0.05) is 24.4 Å². The van der Waals surface area contributed by atoms with Crippen LogP contribution in [0.25, 0.3) is 11.1 Å². The molecule has 2 unspecified atom stereocenters. The van der Waals surface area contributed by atoms with Gasteiger partial charge in [0.25, 0.3) is 0 Å². The molecule has 1 aliphatic heterocycles. The Morgan fingerprint density at radius 3 is 2.12 bits per heavy atom. The number of benzene rings is 3. The van der Waals surface area contributed by atoms with Crippen molar-refractivity contribution in [3.05, 3.63) is 95.6 Å². The third kappa shape index (κ3) is 4.25. The minimum absolute atomic E-state index is 0.0962. The van der Waals surface area contributed by atoms with Crippen LogP contribution in [0.15, 0.2) is 78.9 Å². The van der Waals surface area contributed by atoms with Gasteiger partial charge in [0.15, 0.2) is 0 Å². The molecule has 2 aliphatic rings. The molecule has 0 amide bonds. The summed E-state index contributed by atoms with van der Waals surface area (Å²) in [4.78, 5) is 2.60. The Morgan fingerprint density at radius 2 is 1.45 bits per heavy atom. The predicted octanol–water partition coefficient (Wildman–Crippen LogP) is 7.10. The Labute approximate surface area is 199 Å². The van der Waals surface area contributed by atoms with Crippen molar-refractivity contribution in [1.82, 2.24) is 4.90 Å². The fourth-order valence-corrected chi connectivity index (χ4v) is 5.99. The van der Waals surface area contributed by atoms with Gasteiger partial charge in [-0.3, -0.25) is 4.90 Å². The minimum atomic E-state index is -0.0962. The first-order valence-corrected chi connectivity index (χ1v) is 12.6. The molecular formula is C32H35N. The van der Waals surface area contributed by atoms with Crippen LogP contribution < -0.4 is 0 Å². The van der Waals surface area contributed by atoms with Crippen molar-refractivity contribution < 1.29 is 0 Å². The van der Waals surface area contributed by atoms with E-state index in [1.165, 1.54) is 53.6 Å². The average Bonchev–Trinajstić information content (AvgIpc) is 3.14. The number of piperidine rings is 1. The Balaban J connectivity index is 1.48. The number of likely N-dealkylation sites (tertiary alicyclic amines) is 1. The SMILES string of the molecule is CCC1CCC(C)N(CC#CCC2(Cc3ccccc3)c3ccccc3-c3ccccc32)C1. The highest BCUT2D eigenvalue weighted by molar-refractivity contribution is 5.81. The average molecular weight is 434 g/mol. The number of hydrogen-bond acceptors (Lipinski definition) is 1. The van der Waals surface area contributed by atoms with Gasteiger partial charge < -0.3 is 0 Å². The summed E-state index contributed by atoms with van der Waals surface area (Å²) in [5.74, 6) is 8.12. The molecule has 168 valence electrons. The van der Waals surface area contributed by atoms with Crippen LogP contribution in [0.2, 0.25) is 0 Å². The minimum Gasteiger partial charge on any atom is -0.289 e. The molecule has 3 aromatic carbocycles. The van der Waals surface area contributed by atoms with E-state index in [4.69, 9.17) is 0 Å². The molecule has 0 bridgehead atoms. The zero-order valence-electron chi connectivity index (χ0n) is 20.1. The topological polar surface area (TPSA) is 3.24 Å². The van der Waals surface area contributed by atoms with Crippen molar-refractivity contribution in [3.63, 3.8) is 0 Å². The lowest BCUT2D eigenvalue weighted by Crippen LogP contribution is -2.41. The Morgan fingerprint density at radius 1 is 0.818 bits per heavy atom. The van der Waals surface area contributed by atoms with Crippen molar-refractivity contribution in [2.75, 3.05) is 13.1 Å². The predicted molar refractivity (Wildman–Crippen MR) is 139 cm³/mol. The molecule has 1 heterocycles. The second-order valence-electron chi connectivity index (χ2n) is 10.00. The second kappa shape index (κ2) is 9.58. The van der Waals surface area contributed by atoms with E-state index >= 15 is 0 Å². The van der Waals surface area contributed by atoms with Gasteiger partial charge in [-0.15, -0.1) is 5.92 Å². The van der Waals surface area contributed by atoms with E-state index in [0.717, 1.165) is 25.3 Å². The lowest BCUT2D eigenvalue weighted by atomic mass is 9.71. The van der Waals surface area contributed by atoms with Crippen molar-refractivity contribution in [3.8, 4) is 23.0 Å². The van der Waals surface area contributed by atoms with Gasteiger partial charge in [0.05, 0.1) is 6.54 Å². The third-order valence-corrected chi connectivity index (χ3v) is 8.01. The number of rotatable bonds is 5. The molecule has 5 rings (SSSR count). The molecule has 2 atom stereocenters. The molecule has 0 aromatic heterocycles. The van der Waals surface area contributed by atoms with Crippen molar-refractivity contribution >= 4 is 0 Å². The van der Waals surface area contributed by atoms with E-state index in [-0.39, 0.29) is 5.41 Å². The van der Waals surface area contributed by atoms with Crippen LogP contribution in [-0.2, 0) is 11.8 Å². The van der Waals surface area contributed by atoms with Crippen molar-refractivity contribution in [2.45, 2.75) is 57.4 Å². The third-order valence-electron chi connectivity index (χ3n) is 8.01. The highest BCUT2D eigenvalue weighted by atomic mass is 15.2. The van der Waals surface area contributed by atoms with Gasteiger partial charge in [-0.05, 0) is 59.9 Å². The Bertz CT molecular complexity index is 1100. The maximum absolute atomic E-state index is 3.68. The number of fused-ring (bicyclic) bond motifs is 3. The summed E-state index contributed by atoms with van der Waals surface area (Å²) in [5.41, 5.74) is 6.90. The van der Waals surface area contributed by atoms with Crippen LogP contribution in [0.3, 0.4) is 0 Å². The standard InChI is InChI=1S/C32H35N/c1-3-26-20-19-25(2)33(24-26)22-12-11-21-32(23-27-13-5-4-6-14-27)30-17-9-7-15-28(30)29-16-8-10-18-31(29)32/h4-10,13-18,25-26H,3,19-24H2,1-2H3. The van der Waals surface area contributed by atoms with E-state index in [1.54, 1.807) is 0 Å². The van der Waals surface area contributed by atoms with E-state index < -0.39 is 0 Å².